The van der Waals surface area contributed by atoms with Crippen molar-refractivity contribution < 1.29 is 52.6 Å². The number of amides is 7. The SMILES string of the molecule is CC(C)C(=O)COCNC(=O)CNC(=O)[C@H](Cc1ccccc1)NC(=O)CNC(=O)CNC(=O)OCCOCCN1C(=O)CC(C)C1=O. The number of likely N-dealkylation sites (tertiary alicyclic amines) is 1. The van der Waals surface area contributed by atoms with Gasteiger partial charge in [0.2, 0.25) is 35.4 Å². The van der Waals surface area contributed by atoms with Crippen LogP contribution in [-0.2, 0) is 54.2 Å². The topological polar surface area (TPSA) is 228 Å². The minimum atomic E-state index is -1.08. The number of imide groups is 1. The Bertz CT molecular complexity index is 1290. The van der Waals surface area contributed by atoms with Crippen LogP contribution in [0.25, 0.3) is 0 Å². The van der Waals surface area contributed by atoms with Crippen LogP contribution in [0.5, 0.6) is 0 Å². The predicted octanol–water partition coefficient (Wildman–Crippen LogP) is -1.60. The first kappa shape index (κ1) is 39.3. The van der Waals surface area contributed by atoms with Crippen LogP contribution < -0.4 is 26.6 Å². The molecule has 0 bridgehead atoms. The first-order valence-corrected chi connectivity index (χ1v) is 15.4. The number of nitrogens with one attached hydrogen (secondary N) is 5. The summed E-state index contributed by atoms with van der Waals surface area (Å²) >= 11 is 0. The van der Waals surface area contributed by atoms with Crippen molar-refractivity contribution in [3.63, 3.8) is 0 Å². The lowest BCUT2D eigenvalue weighted by Gasteiger charge is -2.19. The third-order valence-electron chi connectivity index (χ3n) is 6.85. The number of Topliss-reactive ketones (excluding diaryl/α,β-unsaturated/α-hetero) is 1. The molecule has 1 aromatic rings. The molecule has 1 fully saturated rings. The molecule has 1 aliphatic rings. The van der Waals surface area contributed by atoms with Gasteiger partial charge in [-0.15, -0.1) is 0 Å². The second-order valence-corrected chi connectivity index (χ2v) is 11.1. The molecule has 1 aromatic carbocycles. The lowest BCUT2D eigenvalue weighted by Crippen LogP contribution is -2.52. The van der Waals surface area contributed by atoms with E-state index in [1.165, 1.54) is 0 Å². The molecular formula is C31H44N6O11. The van der Waals surface area contributed by atoms with Crippen molar-refractivity contribution in [1.29, 1.82) is 0 Å². The van der Waals surface area contributed by atoms with E-state index in [9.17, 15) is 38.4 Å². The fourth-order valence-electron chi connectivity index (χ4n) is 4.09. The van der Waals surface area contributed by atoms with Gasteiger partial charge in [0.1, 0.15) is 32.5 Å². The summed E-state index contributed by atoms with van der Waals surface area (Å²) in [5, 5.41) is 11.9. The summed E-state index contributed by atoms with van der Waals surface area (Å²) in [7, 11) is 0. The summed E-state index contributed by atoms with van der Waals surface area (Å²) < 4.78 is 15.3. The number of carbonyl (C=O) groups excluding carboxylic acids is 8. The van der Waals surface area contributed by atoms with Crippen molar-refractivity contribution >= 4 is 47.3 Å². The molecule has 17 heteroatoms. The van der Waals surface area contributed by atoms with Crippen LogP contribution in [0, 0.1) is 11.8 Å². The Morgan fingerprint density at radius 2 is 1.50 bits per heavy atom. The number of ketones is 1. The summed E-state index contributed by atoms with van der Waals surface area (Å²) in [4.78, 5) is 97.8. The second-order valence-electron chi connectivity index (χ2n) is 11.1. The molecule has 2 rings (SSSR count). The molecule has 1 unspecified atom stereocenters. The first-order valence-electron chi connectivity index (χ1n) is 15.4. The maximum atomic E-state index is 12.9. The van der Waals surface area contributed by atoms with Crippen molar-refractivity contribution in [2.75, 3.05) is 59.3 Å². The number of nitrogens with zero attached hydrogens (tertiary/aromatic N) is 1. The minimum absolute atomic E-state index is 0.00296. The van der Waals surface area contributed by atoms with E-state index in [2.05, 4.69) is 26.6 Å². The Morgan fingerprint density at radius 3 is 2.17 bits per heavy atom. The summed E-state index contributed by atoms with van der Waals surface area (Å²) in [5.74, 6) is -3.78. The van der Waals surface area contributed by atoms with Crippen molar-refractivity contribution in [3.05, 3.63) is 35.9 Å². The molecule has 2 atom stereocenters. The molecule has 0 radical (unpaired) electrons. The lowest BCUT2D eigenvalue weighted by molar-refractivity contribution is -0.140. The molecule has 1 aliphatic heterocycles. The molecule has 0 saturated carbocycles. The molecule has 7 amide bonds. The standard InChI is InChI=1S/C31H44N6O11/c1-20(2)24(38)18-47-19-35-26(40)15-33-29(43)23(14-22-7-5-4-6-8-22)36-27(41)17-32-25(39)16-34-31(45)48-12-11-46-10-9-37-28(42)13-21(3)30(37)44/h4-8,20-21,23H,9-19H2,1-3H3,(H,32,39)(H,33,43)(H,34,45)(H,35,40)(H,36,41)/t21?,23-/m0/s1. The highest BCUT2D eigenvalue weighted by Gasteiger charge is 2.35. The number of benzene rings is 1. The van der Waals surface area contributed by atoms with E-state index >= 15 is 0 Å². The summed E-state index contributed by atoms with van der Waals surface area (Å²) in [6, 6.07) is 7.74. The van der Waals surface area contributed by atoms with Crippen LogP contribution in [0.4, 0.5) is 4.79 Å². The van der Waals surface area contributed by atoms with Gasteiger partial charge in [-0.3, -0.25) is 38.5 Å². The summed E-state index contributed by atoms with van der Waals surface area (Å²) in [6.07, 6.45) is -0.633. The van der Waals surface area contributed by atoms with Gasteiger partial charge in [-0.1, -0.05) is 51.1 Å². The zero-order chi connectivity index (χ0) is 35.5. The van der Waals surface area contributed by atoms with Crippen LogP contribution in [0.15, 0.2) is 30.3 Å². The Balaban J connectivity index is 1.67. The minimum Gasteiger partial charge on any atom is -0.447 e. The number of rotatable bonds is 21. The molecule has 0 aromatic heterocycles. The van der Waals surface area contributed by atoms with E-state index in [0.717, 1.165) is 10.5 Å². The Labute approximate surface area is 278 Å². The lowest BCUT2D eigenvalue weighted by atomic mass is 10.1. The van der Waals surface area contributed by atoms with Gasteiger partial charge in [0.25, 0.3) is 0 Å². The molecule has 0 aliphatic carbocycles. The van der Waals surface area contributed by atoms with Gasteiger partial charge >= 0.3 is 6.09 Å². The maximum absolute atomic E-state index is 12.9. The maximum Gasteiger partial charge on any atom is 0.407 e. The number of hydrogen-bond acceptors (Lipinski definition) is 11. The molecule has 48 heavy (non-hydrogen) atoms. The van der Waals surface area contributed by atoms with E-state index < -0.39 is 55.4 Å². The largest absolute Gasteiger partial charge is 0.447 e. The van der Waals surface area contributed by atoms with Crippen molar-refractivity contribution in [3.8, 4) is 0 Å². The zero-order valence-electron chi connectivity index (χ0n) is 27.3. The van der Waals surface area contributed by atoms with Gasteiger partial charge in [-0.2, -0.15) is 0 Å². The molecule has 264 valence electrons. The third-order valence-corrected chi connectivity index (χ3v) is 6.85. The highest BCUT2D eigenvalue weighted by molar-refractivity contribution is 6.03. The fraction of sp³-hybridized carbons (Fsp3) is 0.548. The van der Waals surface area contributed by atoms with E-state index in [4.69, 9.17) is 14.2 Å². The Kier molecular flexibility index (Phi) is 17.2. The molecule has 0 spiro atoms. The number of alkyl carbamates (subject to hydrolysis) is 1. The van der Waals surface area contributed by atoms with Gasteiger partial charge in [0.05, 0.1) is 32.8 Å². The quantitative estimate of drug-likeness (QED) is 0.0566. The summed E-state index contributed by atoms with van der Waals surface area (Å²) in [6.45, 7) is 3.40. The molecule has 17 nitrogen and oxygen atoms in total. The van der Waals surface area contributed by atoms with E-state index in [1.807, 2.05) is 0 Å². The first-order chi connectivity index (χ1) is 22.9. The Hall–Kier alpha value is -4.90. The summed E-state index contributed by atoms with van der Waals surface area (Å²) in [5.41, 5.74) is 0.731. The molecule has 1 saturated heterocycles. The van der Waals surface area contributed by atoms with Gasteiger partial charge in [-0.25, -0.2) is 4.79 Å². The predicted molar refractivity (Wildman–Crippen MR) is 168 cm³/mol. The van der Waals surface area contributed by atoms with Gasteiger partial charge in [0, 0.05) is 24.7 Å². The monoisotopic (exact) mass is 676 g/mol. The highest BCUT2D eigenvalue weighted by atomic mass is 16.6. The normalized spacial score (nSPS) is 14.7. The number of ether oxygens (including phenoxy) is 3. The average Bonchev–Trinajstić information content (AvgIpc) is 3.30. The van der Waals surface area contributed by atoms with Crippen molar-refractivity contribution in [1.82, 2.24) is 31.5 Å². The van der Waals surface area contributed by atoms with E-state index in [-0.39, 0.29) is 82.0 Å². The average molecular weight is 677 g/mol. The van der Waals surface area contributed by atoms with E-state index in [1.54, 1.807) is 51.1 Å². The second kappa shape index (κ2) is 21.1. The van der Waals surface area contributed by atoms with E-state index in [0.29, 0.717) is 0 Å². The van der Waals surface area contributed by atoms with Crippen molar-refractivity contribution in [2.24, 2.45) is 11.8 Å². The third kappa shape index (κ3) is 15.1. The van der Waals surface area contributed by atoms with Crippen molar-refractivity contribution in [2.45, 2.75) is 39.7 Å². The van der Waals surface area contributed by atoms with Gasteiger partial charge in [0.15, 0.2) is 5.78 Å². The zero-order valence-corrected chi connectivity index (χ0v) is 27.3. The fourth-order valence-corrected chi connectivity index (χ4v) is 4.09. The molecule has 1 heterocycles. The van der Waals surface area contributed by atoms with Crippen LogP contribution >= 0.6 is 0 Å². The smallest absolute Gasteiger partial charge is 0.407 e. The van der Waals surface area contributed by atoms with Gasteiger partial charge in [-0.05, 0) is 5.56 Å². The van der Waals surface area contributed by atoms with Gasteiger partial charge < -0.3 is 40.8 Å². The van der Waals surface area contributed by atoms with Crippen LogP contribution in [0.2, 0.25) is 0 Å². The van der Waals surface area contributed by atoms with Crippen LogP contribution in [0.3, 0.4) is 0 Å². The number of carbonyl (C=O) groups is 8. The Morgan fingerprint density at radius 1 is 0.833 bits per heavy atom. The molecule has 5 N–H and O–H groups in total. The van der Waals surface area contributed by atoms with Crippen LogP contribution in [-0.4, -0.2) is 118 Å². The van der Waals surface area contributed by atoms with Crippen LogP contribution in [0.1, 0.15) is 32.8 Å². The highest BCUT2D eigenvalue weighted by Crippen LogP contribution is 2.18. The molecular weight excluding hydrogens is 632 g/mol. The number of hydrogen-bond donors (Lipinski definition) is 5.